The van der Waals surface area contributed by atoms with Crippen molar-refractivity contribution in [3.05, 3.63) is 45.9 Å². The van der Waals surface area contributed by atoms with Gasteiger partial charge in [0, 0.05) is 55.4 Å². The molecule has 2 aliphatic rings. The first-order valence-corrected chi connectivity index (χ1v) is 10.6. The number of anilines is 1. The van der Waals surface area contributed by atoms with Crippen LogP contribution in [0.2, 0.25) is 0 Å². The Morgan fingerprint density at radius 1 is 1.12 bits per heavy atom. The van der Waals surface area contributed by atoms with E-state index in [1.807, 2.05) is 28.6 Å². The number of thiazole rings is 1. The van der Waals surface area contributed by atoms with Gasteiger partial charge in [-0.2, -0.15) is 0 Å². The maximum atomic E-state index is 13.6. The van der Waals surface area contributed by atoms with E-state index in [9.17, 15) is 4.79 Å². The SMILES string of the molecule is O=C(N1CCN(c2nccs2)CC1)C1(c2ccc(Br)cc2)CCOCC1. The van der Waals surface area contributed by atoms with Gasteiger partial charge in [-0.1, -0.05) is 28.1 Å². The normalized spacial score (nSPS) is 20.2. The maximum Gasteiger partial charge on any atom is 0.233 e. The summed E-state index contributed by atoms with van der Waals surface area (Å²) in [5.74, 6) is 0.252. The van der Waals surface area contributed by atoms with E-state index in [1.165, 1.54) is 0 Å². The van der Waals surface area contributed by atoms with Gasteiger partial charge in [0.15, 0.2) is 5.13 Å². The van der Waals surface area contributed by atoms with Crippen molar-refractivity contribution in [3.63, 3.8) is 0 Å². The number of nitrogens with zero attached hydrogens (tertiary/aromatic N) is 3. The number of benzene rings is 1. The highest BCUT2D eigenvalue weighted by Gasteiger charge is 2.44. The molecule has 2 aromatic rings. The minimum atomic E-state index is -0.456. The molecule has 0 aliphatic carbocycles. The summed E-state index contributed by atoms with van der Waals surface area (Å²) in [6, 6.07) is 8.22. The van der Waals surface area contributed by atoms with Gasteiger partial charge in [-0.3, -0.25) is 4.79 Å². The standard InChI is InChI=1S/C19H22BrN3O2S/c20-16-3-1-15(2-4-16)19(5-12-25-13-6-19)17(24)22-8-10-23(11-9-22)18-21-7-14-26-18/h1-4,7,14H,5-6,8-13H2. The van der Waals surface area contributed by atoms with Crippen LogP contribution >= 0.6 is 27.3 Å². The van der Waals surface area contributed by atoms with E-state index >= 15 is 0 Å². The van der Waals surface area contributed by atoms with Crippen molar-refractivity contribution in [1.29, 1.82) is 0 Å². The second kappa shape index (κ2) is 7.66. The predicted molar refractivity (Wildman–Crippen MR) is 107 cm³/mol. The quantitative estimate of drug-likeness (QED) is 0.741. The molecule has 1 amide bonds. The second-order valence-corrected chi connectivity index (χ2v) is 8.58. The number of carbonyl (C=O) groups excluding carboxylic acids is 1. The number of amides is 1. The van der Waals surface area contributed by atoms with E-state index < -0.39 is 5.41 Å². The van der Waals surface area contributed by atoms with Crippen LogP contribution in [0.1, 0.15) is 18.4 Å². The summed E-state index contributed by atoms with van der Waals surface area (Å²) in [4.78, 5) is 22.3. The highest BCUT2D eigenvalue weighted by Crippen LogP contribution is 2.37. The number of ether oxygens (including phenoxy) is 1. The Bertz CT molecular complexity index is 737. The molecule has 1 aromatic carbocycles. The van der Waals surface area contributed by atoms with Gasteiger partial charge in [0.05, 0.1) is 5.41 Å². The lowest BCUT2D eigenvalue weighted by Gasteiger charge is -2.43. The number of carbonyl (C=O) groups is 1. The average molecular weight is 436 g/mol. The van der Waals surface area contributed by atoms with Crippen molar-refractivity contribution >= 4 is 38.3 Å². The molecule has 0 saturated carbocycles. The monoisotopic (exact) mass is 435 g/mol. The Morgan fingerprint density at radius 2 is 1.81 bits per heavy atom. The molecule has 0 bridgehead atoms. The number of rotatable bonds is 3. The van der Waals surface area contributed by atoms with Crippen molar-refractivity contribution in [2.24, 2.45) is 0 Å². The zero-order chi connectivity index (χ0) is 18.0. The van der Waals surface area contributed by atoms with Crippen LogP contribution in [-0.2, 0) is 14.9 Å². The fourth-order valence-electron chi connectivity index (χ4n) is 3.89. The molecular formula is C19H22BrN3O2S. The zero-order valence-electron chi connectivity index (χ0n) is 14.6. The maximum absolute atomic E-state index is 13.6. The summed E-state index contributed by atoms with van der Waals surface area (Å²) in [5.41, 5.74) is 0.652. The van der Waals surface area contributed by atoms with E-state index in [4.69, 9.17) is 4.74 Å². The lowest BCUT2D eigenvalue weighted by Crippen LogP contribution is -2.56. The Hall–Kier alpha value is -1.44. The lowest BCUT2D eigenvalue weighted by atomic mass is 9.73. The average Bonchev–Trinajstić information content (AvgIpc) is 3.23. The third-order valence-corrected chi connectivity index (χ3v) is 6.77. The molecule has 4 rings (SSSR count). The first-order valence-electron chi connectivity index (χ1n) is 8.97. The van der Waals surface area contributed by atoms with E-state index in [0.717, 1.165) is 54.2 Å². The van der Waals surface area contributed by atoms with E-state index in [2.05, 4.69) is 37.9 Å². The summed E-state index contributed by atoms with van der Waals surface area (Å²) >= 11 is 5.15. The molecule has 0 N–H and O–H groups in total. The third kappa shape index (κ3) is 3.40. The first kappa shape index (κ1) is 17.9. The number of piperazine rings is 1. The van der Waals surface area contributed by atoms with E-state index in [0.29, 0.717) is 13.2 Å². The number of hydrogen-bond acceptors (Lipinski definition) is 5. The van der Waals surface area contributed by atoms with Crippen LogP contribution in [0.15, 0.2) is 40.3 Å². The second-order valence-electron chi connectivity index (χ2n) is 6.80. The van der Waals surface area contributed by atoms with Gasteiger partial charge in [-0.05, 0) is 30.5 Å². The van der Waals surface area contributed by atoms with Gasteiger partial charge in [0.1, 0.15) is 0 Å². The molecule has 0 unspecified atom stereocenters. The summed E-state index contributed by atoms with van der Waals surface area (Å²) in [5, 5.41) is 3.04. The fraction of sp³-hybridized carbons (Fsp3) is 0.474. The van der Waals surface area contributed by atoms with Crippen LogP contribution in [0.5, 0.6) is 0 Å². The Kier molecular flexibility index (Phi) is 5.29. The van der Waals surface area contributed by atoms with E-state index in [-0.39, 0.29) is 5.91 Å². The van der Waals surface area contributed by atoms with Gasteiger partial charge in [-0.15, -0.1) is 11.3 Å². The molecule has 26 heavy (non-hydrogen) atoms. The van der Waals surface area contributed by atoms with Crippen molar-refractivity contribution in [2.75, 3.05) is 44.3 Å². The Morgan fingerprint density at radius 3 is 2.42 bits per heavy atom. The highest BCUT2D eigenvalue weighted by molar-refractivity contribution is 9.10. The molecule has 3 heterocycles. The van der Waals surface area contributed by atoms with Crippen LogP contribution in [0.25, 0.3) is 0 Å². The molecule has 138 valence electrons. The van der Waals surface area contributed by atoms with Gasteiger partial charge < -0.3 is 14.5 Å². The van der Waals surface area contributed by atoms with Crippen LogP contribution in [-0.4, -0.2) is 55.2 Å². The molecule has 0 radical (unpaired) electrons. The van der Waals surface area contributed by atoms with Crippen LogP contribution in [0, 0.1) is 0 Å². The third-order valence-electron chi connectivity index (χ3n) is 5.41. The van der Waals surface area contributed by atoms with Crippen molar-refractivity contribution < 1.29 is 9.53 Å². The van der Waals surface area contributed by atoms with Gasteiger partial charge in [0.25, 0.3) is 0 Å². The molecule has 0 atom stereocenters. The number of aromatic nitrogens is 1. The van der Waals surface area contributed by atoms with Crippen molar-refractivity contribution in [3.8, 4) is 0 Å². The molecule has 2 saturated heterocycles. The molecule has 5 nitrogen and oxygen atoms in total. The minimum absolute atomic E-state index is 0.252. The molecule has 7 heteroatoms. The minimum Gasteiger partial charge on any atom is -0.381 e. The molecule has 2 aliphatic heterocycles. The first-order chi connectivity index (χ1) is 12.7. The van der Waals surface area contributed by atoms with Crippen molar-refractivity contribution in [2.45, 2.75) is 18.3 Å². The smallest absolute Gasteiger partial charge is 0.233 e. The summed E-state index contributed by atoms with van der Waals surface area (Å²) < 4.78 is 6.61. The summed E-state index contributed by atoms with van der Waals surface area (Å²) in [6.07, 6.45) is 3.34. The number of hydrogen-bond donors (Lipinski definition) is 0. The van der Waals surface area contributed by atoms with Crippen molar-refractivity contribution in [1.82, 2.24) is 9.88 Å². The molecular weight excluding hydrogens is 414 g/mol. The van der Waals surface area contributed by atoms with E-state index in [1.54, 1.807) is 11.3 Å². The van der Waals surface area contributed by atoms with Crippen LogP contribution in [0.4, 0.5) is 5.13 Å². The molecule has 2 fully saturated rings. The van der Waals surface area contributed by atoms with Crippen LogP contribution < -0.4 is 4.90 Å². The van der Waals surface area contributed by atoms with Gasteiger partial charge >= 0.3 is 0 Å². The zero-order valence-corrected chi connectivity index (χ0v) is 17.0. The predicted octanol–water partition coefficient (Wildman–Crippen LogP) is 3.30. The Labute approximate surface area is 166 Å². The van der Waals surface area contributed by atoms with Gasteiger partial charge in [0.2, 0.25) is 5.91 Å². The lowest BCUT2D eigenvalue weighted by molar-refractivity contribution is -0.141. The van der Waals surface area contributed by atoms with Crippen LogP contribution in [0.3, 0.4) is 0 Å². The topological polar surface area (TPSA) is 45.7 Å². The largest absolute Gasteiger partial charge is 0.381 e. The molecule has 0 spiro atoms. The Balaban J connectivity index is 1.53. The summed E-state index contributed by atoms with van der Waals surface area (Å²) in [7, 11) is 0. The molecule has 1 aromatic heterocycles. The summed E-state index contributed by atoms with van der Waals surface area (Å²) in [6.45, 7) is 4.45. The number of halogens is 1. The fourth-order valence-corrected chi connectivity index (χ4v) is 4.85. The highest BCUT2D eigenvalue weighted by atomic mass is 79.9. The van der Waals surface area contributed by atoms with Gasteiger partial charge in [-0.25, -0.2) is 4.98 Å².